The van der Waals surface area contributed by atoms with E-state index in [0.717, 1.165) is 11.6 Å². The average molecular weight is 637 g/mol. The summed E-state index contributed by atoms with van der Waals surface area (Å²) in [4.78, 5) is 39.9. The Hall–Kier alpha value is -2.86. The van der Waals surface area contributed by atoms with Gasteiger partial charge in [0.25, 0.3) is 11.8 Å². The van der Waals surface area contributed by atoms with Crippen molar-refractivity contribution >= 4 is 61.8 Å². The van der Waals surface area contributed by atoms with E-state index in [4.69, 9.17) is 27.6 Å². The quantitative estimate of drug-likeness (QED) is 0.291. The van der Waals surface area contributed by atoms with E-state index in [2.05, 4.69) is 5.32 Å². The van der Waals surface area contributed by atoms with Gasteiger partial charge in [-0.2, -0.15) is 0 Å². The molecule has 1 aliphatic rings. The number of aliphatic carboxylic acids is 1. The van der Waals surface area contributed by atoms with Crippen LogP contribution in [0.4, 0.5) is 0 Å². The number of hydrogen-bond donors (Lipinski definition) is 1. The fourth-order valence-electron chi connectivity index (χ4n) is 4.87. The number of nitrogens with zero attached hydrogens (tertiary/aromatic N) is 1. The Balaban J connectivity index is 0.00000405. The van der Waals surface area contributed by atoms with Gasteiger partial charge in [-0.1, -0.05) is 41.4 Å². The Labute approximate surface area is 274 Å². The summed E-state index contributed by atoms with van der Waals surface area (Å²) in [5, 5.41) is 15.2. The van der Waals surface area contributed by atoms with Gasteiger partial charge in [0.05, 0.1) is 38.8 Å². The fraction of sp³-hybridized carbons (Fsp3) is 0.207. The van der Waals surface area contributed by atoms with E-state index in [0.29, 0.717) is 40.8 Å². The molecule has 0 saturated carbocycles. The van der Waals surface area contributed by atoms with Crippen LogP contribution in [0.25, 0.3) is 11.0 Å². The molecule has 1 N–H and O–H groups in total. The minimum Gasteiger partial charge on any atom is -0.548 e. The van der Waals surface area contributed by atoms with Crippen molar-refractivity contribution < 1.29 is 61.9 Å². The standard InChI is InChI=1S/C29H24Cl2N2O7S.Na/c1-41(38,39)20-4-2-3-16(11-20)12-23(29(36)37)32-27(34)25-22(30)13-19-15-33(9-7-21(19)26(25)31)28(35)18-6-5-17-8-10-40-24(17)14-18;/h2-6,8,10-11,13-14,23H,7,9,12,15H2,1H3,(H,32,34)(H,36,37);/q;+1/p-1/t23-;/m0./s1. The summed E-state index contributed by atoms with van der Waals surface area (Å²) in [6.07, 6.45) is 2.72. The van der Waals surface area contributed by atoms with Crippen LogP contribution in [-0.4, -0.2) is 49.9 Å². The molecule has 5 rings (SSSR count). The van der Waals surface area contributed by atoms with Crippen LogP contribution in [0, 0.1) is 0 Å². The second-order valence-electron chi connectivity index (χ2n) is 9.80. The van der Waals surface area contributed by atoms with E-state index in [9.17, 15) is 27.9 Å². The van der Waals surface area contributed by atoms with Gasteiger partial charge in [-0.05, 0) is 65.9 Å². The number of halogens is 2. The molecule has 2 amide bonds. The smallest absolute Gasteiger partial charge is 0.548 e. The molecule has 0 radical (unpaired) electrons. The minimum absolute atomic E-state index is 0. The van der Waals surface area contributed by atoms with Gasteiger partial charge in [0.15, 0.2) is 9.84 Å². The van der Waals surface area contributed by atoms with Gasteiger partial charge < -0.3 is 24.5 Å². The number of benzene rings is 3. The first-order valence-electron chi connectivity index (χ1n) is 12.5. The maximum atomic E-state index is 13.2. The minimum atomic E-state index is -3.51. The molecule has 13 heteroatoms. The molecule has 1 atom stereocenters. The molecule has 2 heterocycles. The summed E-state index contributed by atoms with van der Waals surface area (Å²) in [6.45, 7) is 0.548. The van der Waals surface area contributed by atoms with Gasteiger partial charge in [0.1, 0.15) is 5.58 Å². The van der Waals surface area contributed by atoms with Crippen molar-refractivity contribution in [3.8, 4) is 0 Å². The van der Waals surface area contributed by atoms with Crippen molar-refractivity contribution in [2.75, 3.05) is 12.8 Å². The number of amides is 2. The monoisotopic (exact) mass is 636 g/mol. The molecule has 9 nitrogen and oxygen atoms in total. The van der Waals surface area contributed by atoms with E-state index < -0.39 is 27.8 Å². The first-order chi connectivity index (χ1) is 19.4. The zero-order valence-electron chi connectivity index (χ0n) is 22.6. The second-order valence-corrected chi connectivity index (χ2v) is 12.6. The van der Waals surface area contributed by atoms with E-state index in [1.165, 1.54) is 18.2 Å². The Morgan fingerprint density at radius 3 is 2.57 bits per heavy atom. The number of nitrogens with one attached hydrogen (secondary N) is 1. The number of carboxylic acids is 1. The zero-order chi connectivity index (χ0) is 29.5. The predicted molar refractivity (Wildman–Crippen MR) is 151 cm³/mol. The Bertz CT molecular complexity index is 1820. The van der Waals surface area contributed by atoms with Crippen LogP contribution in [0.15, 0.2) is 70.2 Å². The first kappa shape index (κ1) is 32.1. The topological polar surface area (TPSA) is 137 Å². The molecule has 1 aromatic heterocycles. The van der Waals surface area contributed by atoms with Gasteiger partial charge >= 0.3 is 29.6 Å². The molecule has 0 aliphatic carbocycles. The van der Waals surface area contributed by atoms with Gasteiger partial charge in [-0.3, -0.25) is 9.59 Å². The summed E-state index contributed by atoms with van der Waals surface area (Å²) in [7, 11) is -3.51. The molecule has 0 spiro atoms. The molecule has 42 heavy (non-hydrogen) atoms. The van der Waals surface area contributed by atoms with Crippen LogP contribution >= 0.6 is 23.2 Å². The number of carboxylic acid groups (broad SMARTS) is 1. The van der Waals surface area contributed by atoms with Gasteiger partial charge in [0.2, 0.25) is 0 Å². The average Bonchev–Trinajstić information content (AvgIpc) is 3.39. The fourth-order valence-corrected chi connectivity index (χ4v) is 6.32. The number of rotatable bonds is 7. The van der Waals surface area contributed by atoms with Crippen molar-refractivity contribution in [2.24, 2.45) is 0 Å². The van der Waals surface area contributed by atoms with Crippen LogP contribution in [0.3, 0.4) is 0 Å². The molecular formula is C29H23Cl2N2NaO7S. The van der Waals surface area contributed by atoms with Crippen LogP contribution < -0.4 is 40.0 Å². The van der Waals surface area contributed by atoms with Crippen LogP contribution in [0.5, 0.6) is 0 Å². The third-order valence-corrected chi connectivity index (χ3v) is 8.80. The number of hydrogen-bond acceptors (Lipinski definition) is 7. The predicted octanol–water partition coefficient (Wildman–Crippen LogP) is 0.437. The molecule has 4 aromatic rings. The third-order valence-electron chi connectivity index (χ3n) is 6.98. The molecule has 0 unspecified atom stereocenters. The summed E-state index contributed by atoms with van der Waals surface area (Å²) < 4.78 is 29.2. The molecule has 212 valence electrons. The molecule has 3 aromatic carbocycles. The zero-order valence-corrected chi connectivity index (χ0v) is 27.0. The number of furan rings is 1. The van der Waals surface area contributed by atoms with Gasteiger partial charge in [-0.25, -0.2) is 8.42 Å². The van der Waals surface area contributed by atoms with E-state index in [-0.39, 0.29) is 68.9 Å². The maximum absolute atomic E-state index is 13.2. The first-order valence-corrected chi connectivity index (χ1v) is 15.1. The number of carbonyl (C=O) groups is 3. The normalized spacial score (nSPS) is 13.6. The Morgan fingerprint density at radius 1 is 1.10 bits per heavy atom. The molecule has 0 bridgehead atoms. The van der Waals surface area contributed by atoms with Gasteiger partial charge in [0, 0.05) is 30.3 Å². The molecular weight excluding hydrogens is 614 g/mol. The van der Waals surface area contributed by atoms with Crippen molar-refractivity contribution in [3.05, 3.63) is 98.7 Å². The van der Waals surface area contributed by atoms with Crippen molar-refractivity contribution in [1.29, 1.82) is 0 Å². The summed E-state index contributed by atoms with van der Waals surface area (Å²) in [5.41, 5.74) is 2.67. The maximum Gasteiger partial charge on any atom is 1.00 e. The summed E-state index contributed by atoms with van der Waals surface area (Å²) in [6, 6.07) is 12.9. The van der Waals surface area contributed by atoms with Crippen molar-refractivity contribution in [2.45, 2.75) is 30.3 Å². The van der Waals surface area contributed by atoms with Crippen LogP contribution in [-0.2, 0) is 34.0 Å². The largest absolute Gasteiger partial charge is 1.00 e. The van der Waals surface area contributed by atoms with E-state index >= 15 is 0 Å². The van der Waals surface area contributed by atoms with Crippen molar-refractivity contribution in [3.63, 3.8) is 0 Å². The Morgan fingerprint density at radius 2 is 1.86 bits per heavy atom. The number of carbonyl (C=O) groups excluding carboxylic acids is 3. The third kappa shape index (κ3) is 6.69. The molecule has 0 fully saturated rings. The van der Waals surface area contributed by atoms with Crippen molar-refractivity contribution in [1.82, 2.24) is 10.2 Å². The van der Waals surface area contributed by atoms with E-state index in [1.54, 1.807) is 35.4 Å². The van der Waals surface area contributed by atoms with E-state index in [1.807, 2.05) is 12.1 Å². The van der Waals surface area contributed by atoms with Gasteiger partial charge in [-0.15, -0.1) is 0 Å². The molecule has 0 saturated heterocycles. The summed E-state index contributed by atoms with van der Waals surface area (Å²) in [5.74, 6) is -2.57. The Kier molecular flexibility index (Phi) is 9.76. The number of sulfone groups is 1. The SMILES string of the molecule is CS(=O)(=O)c1cccc(C[C@H](NC(=O)c2c(Cl)cc3c(c2Cl)CCN(C(=O)c2ccc4ccoc4c2)C3)C(=O)[O-])c1.[Na+]. The number of fused-ring (bicyclic) bond motifs is 2. The van der Waals surface area contributed by atoms with Crippen LogP contribution in [0.2, 0.25) is 10.0 Å². The van der Waals surface area contributed by atoms with Crippen LogP contribution in [0.1, 0.15) is 37.4 Å². The summed E-state index contributed by atoms with van der Waals surface area (Å²) >= 11 is 13.1. The second kappa shape index (κ2) is 12.8. The molecule has 1 aliphatic heterocycles.